The predicted molar refractivity (Wildman–Crippen MR) is 108 cm³/mol. The molecule has 3 amide bonds. The summed E-state index contributed by atoms with van der Waals surface area (Å²) < 4.78 is 0. The molecule has 0 aromatic carbocycles. The Labute approximate surface area is 169 Å². The lowest BCUT2D eigenvalue weighted by Crippen LogP contribution is -2.61. The molecule has 154 valence electrons. The highest BCUT2D eigenvalue weighted by Crippen LogP contribution is 2.55. The zero-order chi connectivity index (χ0) is 18.1. The van der Waals surface area contributed by atoms with Gasteiger partial charge in [-0.3, -0.25) is 4.79 Å². The van der Waals surface area contributed by atoms with Gasteiger partial charge in [-0.1, -0.05) is 0 Å². The van der Waals surface area contributed by atoms with Gasteiger partial charge in [0.25, 0.3) is 0 Å². The fourth-order valence-electron chi connectivity index (χ4n) is 6.41. The molecule has 0 atom stereocenters. The van der Waals surface area contributed by atoms with Gasteiger partial charge in [0.15, 0.2) is 0 Å². The van der Waals surface area contributed by atoms with Crippen LogP contribution in [0.15, 0.2) is 0 Å². The molecule has 5 aliphatic rings. The first kappa shape index (κ1) is 20.7. The number of nitrogens with zero attached hydrogens (tertiary/aromatic N) is 1. The largest absolute Gasteiger partial charge is 0.343 e. The van der Waals surface area contributed by atoms with Gasteiger partial charge in [-0.25, -0.2) is 4.79 Å². The highest BCUT2D eigenvalue weighted by Gasteiger charge is 2.51. The lowest BCUT2D eigenvalue weighted by Gasteiger charge is -2.56. The number of piperidine rings is 1. The lowest BCUT2D eigenvalue weighted by molar-refractivity contribution is -0.132. The van der Waals surface area contributed by atoms with Crippen molar-refractivity contribution in [3.8, 4) is 0 Å². The Balaban J connectivity index is 0.00000210. The normalized spacial score (nSPS) is 34.6. The minimum atomic E-state index is -0.0794. The second-order valence-electron chi connectivity index (χ2n) is 9.31. The number of carbonyl (C=O) groups excluding carboxylic acids is 2. The summed E-state index contributed by atoms with van der Waals surface area (Å²) in [6, 6.07) is 0.258. The fourth-order valence-corrected chi connectivity index (χ4v) is 6.41. The SMILES string of the molecule is CN(C(=O)CCNC(=O)NC12CC3CC(CC(C3)C1)C2)C1CCNCC1.Cl. The van der Waals surface area contributed by atoms with E-state index in [2.05, 4.69) is 16.0 Å². The molecule has 5 rings (SSSR count). The maximum absolute atomic E-state index is 12.4. The lowest BCUT2D eigenvalue weighted by atomic mass is 9.53. The first-order chi connectivity index (χ1) is 12.5. The molecule has 27 heavy (non-hydrogen) atoms. The highest BCUT2D eigenvalue weighted by atomic mass is 35.5. The Hall–Kier alpha value is -1.01. The van der Waals surface area contributed by atoms with Crippen LogP contribution in [0.1, 0.15) is 57.8 Å². The van der Waals surface area contributed by atoms with Crippen molar-refractivity contribution in [1.29, 1.82) is 0 Å². The average molecular weight is 399 g/mol. The molecule has 0 aromatic rings. The number of hydrogen-bond acceptors (Lipinski definition) is 3. The molecule has 0 unspecified atom stereocenters. The van der Waals surface area contributed by atoms with Crippen molar-refractivity contribution in [1.82, 2.24) is 20.9 Å². The first-order valence-corrected chi connectivity index (χ1v) is 10.6. The van der Waals surface area contributed by atoms with Crippen molar-refractivity contribution >= 4 is 24.3 Å². The molecule has 5 fully saturated rings. The molecule has 7 heteroatoms. The zero-order valence-corrected chi connectivity index (χ0v) is 17.3. The third kappa shape index (κ3) is 4.70. The Morgan fingerprint density at radius 1 is 1.04 bits per heavy atom. The standard InChI is InChI=1S/C20H34N4O2.ClH/c1-24(17-2-5-21-6-3-17)18(25)4-7-22-19(26)23-20-11-14-8-15(12-20)10-16(9-14)13-20;/h14-17,21H,2-13H2,1H3,(H2,22,23,26);1H. The summed E-state index contributed by atoms with van der Waals surface area (Å²) in [6.07, 6.45) is 10.0. The molecule has 4 saturated carbocycles. The van der Waals surface area contributed by atoms with Gasteiger partial charge in [-0.15, -0.1) is 12.4 Å². The number of amides is 3. The molecule has 4 aliphatic carbocycles. The Kier molecular flexibility index (Phi) is 6.57. The van der Waals surface area contributed by atoms with Crippen LogP contribution in [0, 0.1) is 17.8 Å². The molecule has 0 radical (unpaired) electrons. The summed E-state index contributed by atoms with van der Waals surface area (Å²) >= 11 is 0. The summed E-state index contributed by atoms with van der Waals surface area (Å²) in [7, 11) is 1.90. The van der Waals surface area contributed by atoms with Crippen molar-refractivity contribution in [2.75, 3.05) is 26.7 Å². The van der Waals surface area contributed by atoms with Crippen LogP contribution < -0.4 is 16.0 Å². The number of nitrogens with one attached hydrogen (secondary N) is 3. The fraction of sp³-hybridized carbons (Fsp3) is 0.900. The van der Waals surface area contributed by atoms with E-state index in [1.54, 1.807) is 0 Å². The quantitative estimate of drug-likeness (QED) is 0.665. The maximum atomic E-state index is 12.4. The van der Waals surface area contributed by atoms with Crippen molar-refractivity contribution in [3.05, 3.63) is 0 Å². The molecular formula is C20H35ClN4O2. The summed E-state index contributed by atoms with van der Waals surface area (Å²) in [5.41, 5.74) is 0.0364. The van der Waals surface area contributed by atoms with E-state index in [4.69, 9.17) is 0 Å². The second-order valence-corrected chi connectivity index (χ2v) is 9.31. The maximum Gasteiger partial charge on any atom is 0.315 e. The third-order valence-corrected chi connectivity index (χ3v) is 7.29. The smallest absolute Gasteiger partial charge is 0.315 e. The van der Waals surface area contributed by atoms with Gasteiger partial charge >= 0.3 is 6.03 Å². The van der Waals surface area contributed by atoms with Crippen LogP contribution in [0.3, 0.4) is 0 Å². The van der Waals surface area contributed by atoms with Crippen molar-refractivity contribution in [3.63, 3.8) is 0 Å². The monoisotopic (exact) mass is 398 g/mol. The van der Waals surface area contributed by atoms with Crippen molar-refractivity contribution in [2.24, 2.45) is 17.8 Å². The number of hydrogen-bond donors (Lipinski definition) is 3. The molecule has 1 heterocycles. The van der Waals surface area contributed by atoms with Gasteiger partial charge in [-0.05, 0) is 82.2 Å². The molecule has 0 aromatic heterocycles. The minimum absolute atomic E-state index is 0. The van der Waals surface area contributed by atoms with Crippen LogP contribution >= 0.6 is 12.4 Å². The second kappa shape index (κ2) is 8.56. The van der Waals surface area contributed by atoms with Gasteiger partial charge in [0.2, 0.25) is 5.91 Å². The Morgan fingerprint density at radius 2 is 1.59 bits per heavy atom. The van der Waals surface area contributed by atoms with Gasteiger partial charge in [0.1, 0.15) is 0 Å². The van der Waals surface area contributed by atoms with Crippen LogP contribution in [0.25, 0.3) is 0 Å². The van der Waals surface area contributed by atoms with Gasteiger partial charge in [0, 0.05) is 31.6 Å². The van der Waals surface area contributed by atoms with Gasteiger partial charge in [-0.2, -0.15) is 0 Å². The van der Waals surface area contributed by atoms with E-state index in [-0.39, 0.29) is 29.9 Å². The van der Waals surface area contributed by atoms with E-state index < -0.39 is 0 Å². The third-order valence-electron chi connectivity index (χ3n) is 7.29. The van der Waals surface area contributed by atoms with Crippen molar-refractivity contribution < 1.29 is 9.59 Å². The minimum Gasteiger partial charge on any atom is -0.343 e. The van der Waals surface area contributed by atoms with Gasteiger partial charge < -0.3 is 20.9 Å². The van der Waals surface area contributed by atoms with E-state index in [9.17, 15) is 9.59 Å². The van der Waals surface area contributed by atoms with Crippen LogP contribution in [-0.4, -0.2) is 55.1 Å². The van der Waals surface area contributed by atoms with Gasteiger partial charge in [0.05, 0.1) is 0 Å². The number of carbonyl (C=O) groups is 2. The molecule has 1 aliphatic heterocycles. The number of halogens is 1. The summed E-state index contributed by atoms with van der Waals surface area (Å²) in [4.78, 5) is 26.7. The predicted octanol–water partition coefficient (Wildman–Crippen LogP) is 2.28. The summed E-state index contributed by atoms with van der Waals surface area (Å²) in [6.45, 7) is 2.38. The van der Waals surface area contributed by atoms with E-state index in [1.807, 2.05) is 11.9 Å². The van der Waals surface area contributed by atoms with E-state index in [1.165, 1.54) is 19.3 Å². The van der Waals surface area contributed by atoms with E-state index in [0.29, 0.717) is 19.0 Å². The first-order valence-electron chi connectivity index (χ1n) is 10.6. The van der Waals surface area contributed by atoms with Crippen LogP contribution in [-0.2, 0) is 4.79 Å². The molecule has 1 saturated heterocycles. The van der Waals surface area contributed by atoms with Crippen LogP contribution in [0.4, 0.5) is 4.79 Å². The highest BCUT2D eigenvalue weighted by molar-refractivity contribution is 5.85. The molecular weight excluding hydrogens is 364 g/mol. The Bertz CT molecular complexity index is 515. The topological polar surface area (TPSA) is 73.5 Å². The van der Waals surface area contributed by atoms with E-state index >= 15 is 0 Å². The van der Waals surface area contributed by atoms with Crippen LogP contribution in [0.5, 0.6) is 0 Å². The molecule has 6 nitrogen and oxygen atoms in total. The van der Waals surface area contributed by atoms with Crippen molar-refractivity contribution in [2.45, 2.75) is 69.4 Å². The molecule has 3 N–H and O–H groups in total. The van der Waals surface area contributed by atoms with E-state index in [0.717, 1.165) is 62.9 Å². The zero-order valence-electron chi connectivity index (χ0n) is 16.5. The molecule has 0 spiro atoms. The summed E-state index contributed by atoms with van der Waals surface area (Å²) in [5.74, 6) is 2.59. The number of urea groups is 1. The summed E-state index contributed by atoms with van der Waals surface area (Å²) in [5, 5.41) is 9.57. The Morgan fingerprint density at radius 3 is 2.15 bits per heavy atom. The molecule has 4 bridgehead atoms. The van der Waals surface area contributed by atoms with Crippen LogP contribution in [0.2, 0.25) is 0 Å². The number of rotatable bonds is 5. The average Bonchev–Trinajstić information content (AvgIpc) is 2.60.